The van der Waals surface area contributed by atoms with Gasteiger partial charge < -0.3 is 58.6 Å². The van der Waals surface area contributed by atoms with E-state index in [9.17, 15) is 9.59 Å². The van der Waals surface area contributed by atoms with Gasteiger partial charge in [-0.3, -0.25) is 9.59 Å². The lowest BCUT2D eigenvalue weighted by molar-refractivity contribution is -0.131. The third-order valence-corrected chi connectivity index (χ3v) is 7.69. The first kappa shape index (κ1) is 45.9. The van der Waals surface area contributed by atoms with E-state index in [-0.39, 0.29) is 24.8 Å². The van der Waals surface area contributed by atoms with E-state index in [0.717, 1.165) is 32.0 Å². The van der Waals surface area contributed by atoms with Crippen LogP contribution in [0.1, 0.15) is 57.1 Å². The highest BCUT2D eigenvalue weighted by molar-refractivity contribution is 5.79. The Morgan fingerprint density at radius 1 is 0.596 bits per heavy atom. The minimum absolute atomic E-state index is 0.134. The third kappa shape index (κ3) is 28.3. The van der Waals surface area contributed by atoms with Crippen LogP contribution in [0.2, 0.25) is 0 Å². The molecule has 300 valence electrons. The number of benzene rings is 1. The van der Waals surface area contributed by atoms with E-state index in [2.05, 4.69) is 54.1 Å². The van der Waals surface area contributed by atoms with Crippen LogP contribution >= 0.6 is 0 Å². The number of hydrogen-bond donors (Lipinski definition) is 3. The maximum Gasteiger partial charge on any atom is 0.225 e. The molecule has 1 fully saturated rings. The van der Waals surface area contributed by atoms with Crippen molar-refractivity contribution >= 4 is 11.8 Å². The molecule has 1 aromatic rings. The van der Waals surface area contributed by atoms with E-state index in [1.54, 1.807) is 0 Å². The van der Waals surface area contributed by atoms with Crippen LogP contribution in [-0.4, -0.2) is 144 Å². The Labute approximate surface area is 311 Å². The van der Waals surface area contributed by atoms with Crippen molar-refractivity contribution in [2.75, 3.05) is 119 Å². The van der Waals surface area contributed by atoms with Crippen LogP contribution in [0, 0.1) is 5.92 Å². The minimum Gasteiger partial charge on any atom is -0.379 e. The molecule has 0 radical (unpaired) electrons. The average molecular weight is 742 g/mol. The summed E-state index contributed by atoms with van der Waals surface area (Å²) in [5, 5.41) is 8.75. The molecule has 1 unspecified atom stereocenters. The molecule has 0 aliphatic heterocycles. The zero-order chi connectivity index (χ0) is 37.3. The molecule has 0 heterocycles. The molecule has 0 bridgehead atoms. The Morgan fingerprint density at radius 3 is 1.42 bits per heavy atom. The summed E-state index contributed by atoms with van der Waals surface area (Å²) in [5.74, 6) is 0.156. The van der Waals surface area contributed by atoms with Crippen LogP contribution in [0.15, 0.2) is 24.3 Å². The van der Waals surface area contributed by atoms with E-state index in [4.69, 9.17) is 42.6 Å². The first-order chi connectivity index (χ1) is 25.5. The largest absolute Gasteiger partial charge is 0.379 e. The normalized spacial score (nSPS) is 13.5. The van der Waals surface area contributed by atoms with Gasteiger partial charge in [-0.25, -0.2) is 0 Å². The quantitative estimate of drug-likeness (QED) is 0.0679. The van der Waals surface area contributed by atoms with Crippen LogP contribution in [0.4, 0.5) is 0 Å². The zero-order valence-corrected chi connectivity index (χ0v) is 32.0. The summed E-state index contributed by atoms with van der Waals surface area (Å²) in [6.07, 6.45) is 4.75. The summed E-state index contributed by atoms with van der Waals surface area (Å²) < 4.78 is 49.1. The molecule has 2 rings (SSSR count). The summed E-state index contributed by atoms with van der Waals surface area (Å²) >= 11 is 0. The molecular weight excluding hydrogens is 674 g/mol. The standard InChI is InChI=1S/C38H67N3O11/c1-32(2)31-34-9-7-33(8-10-34)5-4-6-36(42)40-38(44-3)41-37(43)13-15-45-17-19-47-21-23-49-25-27-51-29-30-52-28-26-50-24-22-48-20-18-46-16-14-39-35-11-12-35/h7-10,32,35,38-39H,4-6,11-31H2,1-3H3,(H,40,42)(H,41,43). The van der Waals surface area contributed by atoms with E-state index in [0.29, 0.717) is 111 Å². The second-order valence-corrected chi connectivity index (χ2v) is 12.9. The fourth-order valence-corrected chi connectivity index (χ4v) is 4.79. The van der Waals surface area contributed by atoms with Crippen molar-refractivity contribution in [2.24, 2.45) is 5.92 Å². The van der Waals surface area contributed by atoms with Gasteiger partial charge in [0.2, 0.25) is 18.2 Å². The number of methoxy groups -OCH3 is 1. The number of carbonyl (C=O) groups is 2. The van der Waals surface area contributed by atoms with Crippen molar-refractivity contribution in [1.29, 1.82) is 0 Å². The monoisotopic (exact) mass is 741 g/mol. The summed E-state index contributed by atoms with van der Waals surface area (Å²) in [4.78, 5) is 24.6. The molecule has 14 nitrogen and oxygen atoms in total. The van der Waals surface area contributed by atoms with E-state index in [1.165, 1.54) is 31.1 Å². The highest BCUT2D eigenvalue weighted by atomic mass is 16.6. The molecule has 3 N–H and O–H groups in total. The zero-order valence-electron chi connectivity index (χ0n) is 32.0. The molecule has 52 heavy (non-hydrogen) atoms. The van der Waals surface area contributed by atoms with Gasteiger partial charge in [-0.2, -0.15) is 0 Å². The van der Waals surface area contributed by atoms with Gasteiger partial charge in [0.25, 0.3) is 0 Å². The molecule has 1 aromatic carbocycles. The highest BCUT2D eigenvalue weighted by Crippen LogP contribution is 2.17. The van der Waals surface area contributed by atoms with Gasteiger partial charge in [-0.15, -0.1) is 0 Å². The average Bonchev–Trinajstić information content (AvgIpc) is 3.96. The second-order valence-electron chi connectivity index (χ2n) is 12.9. The summed E-state index contributed by atoms with van der Waals surface area (Å²) in [5.41, 5.74) is 2.53. The highest BCUT2D eigenvalue weighted by Gasteiger charge is 2.19. The van der Waals surface area contributed by atoms with Crippen molar-refractivity contribution in [1.82, 2.24) is 16.0 Å². The Hall–Kier alpha value is -2.24. The van der Waals surface area contributed by atoms with Crippen molar-refractivity contribution in [3.8, 4) is 0 Å². The molecule has 0 aromatic heterocycles. The summed E-state index contributed by atoms with van der Waals surface area (Å²) in [6, 6.07) is 9.28. The molecule has 0 spiro atoms. The predicted octanol–water partition coefficient (Wildman–Crippen LogP) is 2.65. The molecule has 1 aliphatic carbocycles. The third-order valence-electron chi connectivity index (χ3n) is 7.69. The van der Waals surface area contributed by atoms with Crippen molar-refractivity contribution < 1.29 is 52.2 Å². The molecular formula is C38H67N3O11. The Balaban J connectivity index is 1.26. The van der Waals surface area contributed by atoms with Gasteiger partial charge in [0.05, 0.1) is 112 Å². The SMILES string of the molecule is COC(NC(=O)CCCc1ccc(CC(C)C)cc1)NC(=O)CCOCCOCCOCCOCCOCCOCCOCCOCCNC1CC1. The number of hydrogen-bond acceptors (Lipinski definition) is 12. The van der Waals surface area contributed by atoms with Gasteiger partial charge in [0.15, 0.2) is 0 Å². The maximum atomic E-state index is 12.3. The molecule has 1 atom stereocenters. The predicted molar refractivity (Wildman–Crippen MR) is 197 cm³/mol. The maximum absolute atomic E-state index is 12.3. The lowest BCUT2D eigenvalue weighted by Gasteiger charge is -2.18. The number of aryl methyl sites for hydroxylation is 1. The number of carbonyl (C=O) groups excluding carboxylic acids is 2. The lowest BCUT2D eigenvalue weighted by atomic mass is 10.00. The Kier molecular flexibility index (Phi) is 28.4. The van der Waals surface area contributed by atoms with E-state index in [1.807, 2.05) is 0 Å². The first-order valence-corrected chi connectivity index (χ1v) is 19.0. The fraction of sp³-hybridized carbons (Fsp3) is 0.789. The molecule has 0 saturated heterocycles. The van der Waals surface area contributed by atoms with Crippen LogP contribution < -0.4 is 16.0 Å². The fourth-order valence-electron chi connectivity index (χ4n) is 4.79. The molecule has 2 amide bonds. The van der Waals surface area contributed by atoms with Gasteiger partial charge in [-0.1, -0.05) is 38.1 Å². The Morgan fingerprint density at radius 2 is 1.00 bits per heavy atom. The summed E-state index contributed by atoms with van der Waals surface area (Å²) in [7, 11) is 1.43. The van der Waals surface area contributed by atoms with Crippen LogP contribution in [0.5, 0.6) is 0 Å². The number of amides is 2. The molecule has 1 saturated carbocycles. The van der Waals surface area contributed by atoms with Gasteiger partial charge in [0, 0.05) is 26.1 Å². The van der Waals surface area contributed by atoms with Gasteiger partial charge >= 0.3 is 0 Å². The smallest absolute Gasteiger partial charge is 0.225 e. The second kappa shape index (κ2) is 32.2. The van der Waals surface area contributed by atoms with Gasteiger partial charge in [0.1, 0.15) is 0 Å². The van der Waals surface area contributed by atoms with Gasteiger partial charge in [-0.05, 0) is 49.1 Å². The number of nitrogens with one attached hydrogen (secondary N) is 3. The van der Waals surface area contributed by atoms with Crippen LogP contribution in [0.25, 0.3) is 0 Å². The van der Waals surface area contributed by atoms with Crippen LogP contribution in [0.3, 0.4) is 0 Å². The topological polar surface area (TPSA) is 153 Å². The first-order valence-electron chi connectivity index (χ1n) is 19.0. The lowest BCUT2D eigenvalue weighted by Crippen LogP contribution is -2.49. The summed E-state index contributed by atoms with van der Waals surface area (Å²) in [6.45, 7) is 13.1. The number of ether oxygens (including phenoxy) is 9. The van der Waals surface area contributed by atoms with Crippen molar-refractivity contribution in [3.05, 3.63) is 35.4 Å². The minimum atomic E-state index is -0.890. The Bertz CT molecular complexity index is 999. The van der Waals surface area contributed by atoms with E-state index < -0.39 is 6.35 Å². The van der Waals surface area contributed by atoms with Crippen LogP contribution in [-0.2, 0) is 65.1 Å². The molecule has 14 heteroatoms. The van der Waals surface area contributed by atoms with E-state index >= 15 is 0 Å². The molecule has 1 aliphatic rings. The number of rotatable bonds is 37. The van der Waals surface area contributed by atoms with Crippen molar-refractivity contribution in [3.63, 3.8) is 0 Å². The van der Waals surface area contributed by atoms with Crippen molar-refractivity contribution in [2.45, 2.75) is 71.2 Å².